The average molecular weight is 1460 g/mol. The number of fused-ring (bicyclic) bond motifs is 18. The van der Waals surface area contributed by atoms with Gasteiger partial charge in [-0.3, -0.25) is 0 Å². The van der Waals surface area contributed by atoms with Crippen molar-refractivity contribution in [3.05, 3.63) is 288 Å². The Morgan fingerprint density at radius 3 is 0.991 bits per heavy atom. The summed E-state index contributed by atoms with van der Waals surface area (Å²) in [4.78, 5) is 17.9. The number of aryl methyl sites for hydroxylation is 11. The van der Waals surface area contributed by atoms with Gasteiger partial charge in [0.2, 0.25) is 0 Å². The lowest BCUT2D eigenvalue weighted by atomic mass is 10.00. The van der Waals surface area contributed by atoms with Crippen molar-refractivity contribution in [3.63, 3.8) is 0 Å². The van der Waals surface area contributed by atoms with Crippen molar-refractivity contribution in [2.75, 3.05) is 0 Å². The number of thiophene rings is 2. The summed E-state index contributed by atoms with van der Waals surface area (Å²) >= 11 is 3.49. The Labute approximate surface area is 634 Å². The van der Waals surface area contributed by atoms with E-state index in [0.717, 1.165) is 101 Å². The minimum absolute atomic E-state index is 0.939. The molecule has 0 saturated carbocycles. The monoisotopic (exact) mass is 1450 g/mol. The second-order valence-electron chi connectivity index (χ2n) is 28.8. The van der Waals surface area contributed by atoms with E-state index in [1.807, 2.05) is 53.3 Å². The van der Waals surface area contributed by atoms with Crippen LogP contribution in [0.5, 0.6) is 0 Å². The number of furan rings is 4. The molecule has 0 fully saturated rings. The van der Waals surface area contributed by atoms with E-state index in [1.54, 1.807) is 22.7 Å². The molecule has 526 valence electrons. The topological polar surface area (TPSA) is 120 Å². The first-order chi connectivity index (χ1) is 53.0. The van der Waals surface area contributed by atoms with E-state index in [9.17, 15) is 0 Å². The van der Waals surface area contributed by atoms with Crippen molar-refractivity contribution in [3.8, 4) is 45.0 Å². The minimum Gasteiger partial charge on any atom is -0.456 e. The summed E-state index contributed by atoms with van der Waals surface area (Å²) < 4.78 is 36.1. The Morgan fingerprint density at radius 1 is 0.294 bits per heavy atom. The second kappa shape index (κ2) is 26.3. The highest BCUT2D eigenvalue weighted by atomic mass is 32.1. The molecule has 0 atom stereocenters. The Hall–Kier alpha value is -12.9. The van der Waals surface area contributed by atoms with Crippen LogP contribution < -0.4 is 18.3 Å². The lowest BCUT2D eigenvalue weighted by Crippen LogP contribution is -2.31. The normalized spacial score (nSPS) is 11.8. The zero-order valence-corrected chi connectivity index (χ0v) is 63.8. The molecule has 0 aliphatic heterocycles. The zero-order chi connectivity index (χ0) is 74.2. The van der Waals surface area contributed by atoms with Gasteiger partial charge in [0.05, 0.1) is 28.2 Å². The van der Waals surface area contributed by atoms with E-state index < -0.39 is 0 Å². The molecule has 22 rings (SSSR count). The Kier molecular flexibility index (Phi) is 16.1. The van der Waals surface area contributed by atoms with E-state index in [0.29, 0.717) is 0 Å². The summed E-state index contributed by atoms with van der Waals surface area (Å²) in [7, 11) is 8.16. The predicted molar refractivity (Wildman–Crippen MR) is 446 cm³/mol. The fraction of sp³-hybridized carbons (Fsp3) is 0.116. The van der Waals surface area contributed by atoms with Gasteiger partial charge in [0, 0.05) is 125 Å². The van der Waals surface area contributed by atoms with Crippen molar-refractivity contribution in [2.24, 2.45) is 28.2 Å². The van der Waals surface area contributed by atoms with Crippen LogP contribution in [0, 0.1) is 48.5 Å². The fourth-order valence-corrected chi connectivity index (χ4v) is 18.1. The highest BCUT2D eigenvalue weighted by Gasteiger charge is 2.26. The predicted octanol–water partition coefficient (Wildman–Crippen LogP) is 23.1. The molecule has 12 nitrogen and oxygen atoms in total. The Bertz CT molecular complexity index is 7330. The molecule has 0 N–H and O–H groups in total. The van der Waals surface area contributed by atoms with Crippen molar-refractivity contribution < 1.29 is 35.9 Å². The van der Waals surface area contributed by atoms with Crippen molar-refractivity contribution >= 4 is 174 Å². The van der Waals surface area contributed by atoms with Crippen LogP contribution in [0.2, 0.25) is 0 Å². The SMILES string of the molecule is Cc1c(-c2c3sccc3nc[n+]2C)ccc2c1oc1cc3ccccc3cc12.Cc1cc(-c2ccc3c(oc4cc5ccccc5cc43)c2C)[n+](C)cn1.Cc1cc(-c2ccc3c(oc4cc5ccccc5cc43)c2C)[n+](C)cn1.Cc1csc2c(-c3ccc4c(oc5cc6ccccc6cc54)c3C)[n+](C)cnc12. The number of hydrogen-bond acceptors (Lipinski definition) is 10. The molecule has 10 aromatic heterocycles. The summed E-state index contributed by atoms with van der Waals surface area (Å²) in [6.45, 7) is 14.7. The molecule has 22 aromatic rings. The van der Waals surface area contributed by atoms with Gasteiger partial charge in [-0.05, 0) is 195 Å². The first kappa shape index (κ1) is 66.8. The summed E-state index contributed by atoms with van der Waals surface area (Å²) in [5, 5.41) is 23.4. The van der Waals surface area contributed by atoms with Crippen LogP contribution in [0.15, 0.2) is 266 Å². The molecule has 0 radical (unpaired) electrons. The number of hydrogen-bond donors (Lipinski definition) is 0. The van der Waals surface area contributed by atoms with Crippen molar-refractivity contribution in [2.45, 2.75) is 48.5 Å². The van der Waals surface area contributed by atoms with Crippen LogP contribution in [0.3, 0.4) is 0 Å². The first-order valence-corrected chi connectivity index (χ1v) is 38.3. The number of benzene rings is 12. The maximum atomic E-state index is 6.39. The van der Waals surface area contributed by atoms with Gasteiger partial charge in [0.25, 0.3) is 25.3 Å². The quantitative estimate of drug-likeness (QED) is 0.160. The molecule has 0 aliphatic rings. The fourth-order valence-electron chi connectivity index (χ4n) is 16.1. The second-order valence-corrected chi connectivity index (χ2v) is 30.6. The van der Waals surface area contributed by atoms with Crippen LogP contribution >= 0.6 is 22.7 Å². The summed E-state index contributed by atoms with van der Waals surface area (Å²) in [6.07, 6.45) is 7.52. The van der Waals surface area contributed by atoms with E-state index in [2.05, 4.69) is 310 Å². The first-order valence-electron chi connectivity index (χ1n) is 36.5. The number of aromatic nitrogens is 8. The average Bonchev–Trinajstić information content (AvgIpc) is 1.61. The third kappa shape index (κ3) is 11.3. The summed E-state index contributed by atoms with van der Waals surface area (Å²) in [5.41, 5.74) is 27.0. The lowest BCUT2D eigenvalue weighted by molar-refractivity contribution is -0.663. The highest BCUT2D eigenvalue weighted by Crippen LogP contribution is 2.44. The smallest absolute Gasteiger partial charge is 0.287 e. The molecule has 12 aromatic carbocycles. The maximum Gasteiger partial charge on any atom is 0.287 e. The molecule has 10 heterocycles. The van der Waals surface area contributed by atoms with E-state index in [4.69, 9.17) is 17.7 Å². The molecule has 0 saturated heterocycles. The molecular formula is C95H74N8O4S2+4. The van der Waals surface area contributed by atoms with Crippen LogP contribution in [0.1, 0.15) is 39.2 Å². The summed E-state index contributed by atoms with van der Waals surface area (Å²) in [5.74, 6) is 0. The molecule has 14 heteroatoms. The summed E-state index contributed by atoms with van der Waals surface area (Å²) in [6, 6.07) is 75.1. The molecule has 0 bridgehead atoms. The largest absolute Gasteiger partial charge is 0.456 e. The third-order valence-electron chi connectivity index (χ3n) is 21.9. The third-order valence-corrected chi connectivity index (χ3v) is 23.9. The standard InChI is InChI=1S/C25H19N2OS.C24H17N2OS.2C23H19N2O/c1-14-12-29-25-22(14)26-13-27(3)23(25)18-8-9-19-20-10-16-6-4-5-7-17(16)11-21(20)28-24(19)15(18)2;1-14-17(22-24-20(9-10-28-24)25-13-26(22)2)7-8-18-19-11-15-5-3-4-6-16(15)12-21(19)27-23(14)18;2*1-14-10-21(25(3)13-24-14)18-8-9-19-20-11-16-6-4-5-7-17(16)12-22(20)26-23(19)15(18)2/h4-13H,1-3H3;3-13H,1-2H3;2*4-13H,1-3H3/q4*+1. The molecule has 109 heavy (non-hydrogen) atoms. The van der Waals surface area contributed by atoms with Crippen LogP contribution in [0.4, 0.5) is 0 Å². The van der Waals surface area contributed by atoms with Gasteiger partial charge in [-0.2, -0.15) is 0 Å². The van der Waals surface area contributed by atoms with E-state index in [1.165, 1.54) is 135 Å². The lowest BCUT2D eigenvalue weighted by Gasteiger charge is -2.07. The molecular weight excluding hydrogens is 1380 g/mol. The van der Waals surface area contributed by atoms with Crippen LogP contribution in [-0.2, 0) is 28.2 Å². The van der Waals surface area contributed by atoms with Crippen molar-refractivity contribution in [1.82, 2.24) is 19.9 Å². The molecule has 0 unspecified atom stereocenters. The minimum atomic E-state index is 0.939. The van der Waals surface area contributed by atoms with Gasteiger partial charge < -0.3 is 17.7 Å². The maximum absolute atomic E-state index is 6.39. The zero-order valence-electron chi connectivity index (χ0n) is 62.2. The van der Waals surface area contributed by atoms with Gasteiger partial charge in [-0.25, -0.2) is 18.3 Å². The van der Waals surface area contributed by atoms with E-state index >= 15 is 0 Å². The van der Waals surface area contributed by atoms with Crippen LogP contribution in [-0.4, -0.2) is 19.9 Å². The molecule has 0 spiro atoms. The molecule has 0 amide bonds. The number of nitrogens with zero attached hydrogens (tertiary/aromatic N) is 8. The Morgan fingerprint density at radius 2 is 0.615 bits per heavy atom. The van der Waals surface area contributed by atoms with Crippen LogP contribution in [0.25, 0.3) is 196 Å². The van der Waals surface area contributed by atoms with Gasteiger partial charge in [0.15, 0.2) is 33.8 Å². The highest BCUT2D eigenvalue weighted by molar-refractivity contribution is 7.18. The van der Waals surface area contributed by atoms with Gasteiger partial charge in [-0.1, -0.05) is 107 Å². The molecule has 0 aliphatic carbocycles. The van der Waals surface area contributed by atoms with Gasteiger partial charge >= 0.3 is 0 Å². The van der Waals surface area contributed by atoms with Gasteiger partial charge in [0.1, 0.15) is 65.5 Å². The number of rotatable bonds is 4. The Balaban J connectivity index is 0.0000000988. The van der Waals surface area contributed by atoms with Crippen molar-refractivity contribution in [1.29, 1.82) is 0 Å². The van der Waals surface area contributed by atoms with E-state index in [-0.39, 0.29) is 0 Å². The van der Waals surface area contributed by atoms with Gasteiger partial charge in [-0.15, -0.1) is 22.7 Å².